The lowest BCUT2D eigenvalue weighted by Gasteiger charge is -2.13. The maximum Gasteiger partial charge on any atom is 0.337 e. The normalized spacial score (nSPS) is 11.2. The second-order valence-electron chi connectivity index (χ2n) is 7.29. The summed E-state index contributed by atoms with van der Waals surface area (Å²) in [4.78, 5) is 16.2. The van der Waals surface area contributed by atoms with Crippen molar-refractivity contribution in [2.24, 2.45) is 0 Å². The van der Waals surface area contributed by atoms with Gasteiger partial charge in [-0.25, -0.2) is 4.79 Å². The number of hydrogen-bond acceptors (Lipinski definition) is 5. The van der Waals surface area contributed by atoms with Crippen molar-refractivity contribution >= 4 is 28.6 Å². The highest BCUT2D eigenvalue weighted by molar-refractivity contribution is 5.89. The molecule has 1 aromatic heterocycles. The van der Waals surface area contributed by atoms with Crippen molar-refractivity contribution < 1.29 is 14.3 Å². The number of pyridine rings is 1. The SMILES string of the molecule is COC(=O)c1ccc(/C=C(/CNc2cnc3ccccc3c2)COc2ccccc2)cc1. The first-order valence-electron chi connectivity index (χ1n) is 10.4. The molecule has 0 aliphatic carbocycles. The minimum atomic E-state index is -0.348. The number of nitrogens with one attached hydrogen (secondary N) is 1. The van der Waals surface area contributed by atoms with Crippen molar-refractivity contribution in [2.75, 3.05) is 25.6 Å². The van der Waals surface area contributed by atoms with Crippen molar-refractivity contribution in [3.63, 3.8) is 0 Å². The Kier molecular flexibility index (Phi) is 6.78. The number of carbonyl (C=O) groups excluding carboxylic acids is 1. The standard InChI is InChI=1S/C27H24N2O3/c1-31-27(30)22-13-11-20(12-14-22)15-21(19-32-25-8-3-2-4-9-25)17-28-24-16-23-7-5-6-10-26(23)29-18-24/h2-16,18,28H,17,19H2,1H3/b21-15-. The van der Waals surface area contributed by atoms with E-state index < -0.39 is 0 Å². The third-order valence-corrected chi connectivity index (χ3v) is 4.98. The highest BCUT2D eigenvalue weighted by Gasteiger charge is 2.06. The lowest BCUT2D eigenvalue weighted by molar-refractivity contribution is 0.0600. The van der Waals surface area contributed by atoms with Gasteiger partial charge in [0.25, 0.3) is 0 Å². The summed E-state index contributed by atoms with van der Waals surface area (Å²) >= 11 is 0. The zero-order chi connectivity index (χ0) is 22.2. The summed E-state index contributed by atoms with van der Waals surface area (Å²) in [6.07, 6.45) is 3.90. The number of para-hydroxylation sites is 2. The number of carbonyl (C=O) groups is 1. The average Bonchev–Trinajstić information content (AvgIpc) is 2.86. The molecule has 0 spiro atoms. The number of fused-ring (bicyclic) bond motifs is 1. The quantitative estimate of drug-likeness (QED) is 0.373. The van der Waals surface area contributed by atoms with Gasteiger partial charge in [0.05, 0.1) is 30.1 Å². The Morgan fingerprint density at radius 2 is 1.72 bits per heavy atom. The number of methoxy groups -OCH3 is 1. The molecule has 0 atom stereocenters. The fourth-order valence-electron chi connectivity index (χ4n) is 3.29. The molecule has 0 aliphatic rings. The number of anilines is 1. The van der Waals surface area contributed by atoms with Crippen molar-refractivity contribution in [3.05, 3.63) is 108 Å². The van der Waals surface area contributed by atoms with Gasteiger partial charge in [-0.2, -0.15) is 0 Å². The van der Waals surface area contributed by atoms with Crippen LogP contribution in [0.2, 0.25) is 0 Å². The van der Waals surface area contributed by atoms with Gasteiger partial charge in [-0.15, -0.1) is 0 Å². The van der Waals surface area contributed by atoms with Crippen molar-refractivity contribution in [1.82, 2.24) is 4.98 Å². The topological polar surface area (TPSA) is 60.5 Å². The molecule has 1 N–H and O–H groups in total. The van der Waals surface area contributed by atoms with Crippen LogP contribution < -0.4 is 10.1 Å². The monoisotopic (exact) mass is 424 g/mol. The van der Waals surface area contributed by atoms with Gasteiger partial charge in [-0.1, -0.05) is 54.6 Å². The first kappa shape index (κ1) is 21.1. The highest BCUT2D eigenvalue weighted by Crippen LogP contribution is 2.18. The summed E-state index contributed by atoms with van der Waals surface area (Å²) in [5.41, 5.74) is 4.45. The number of nitrogens with zero attached hydrogens (tertiary/aromatic N) is 1. The molecule has 32 heavy (non-hydrogen) atoms. The largest absolute Gasteiger partial charge is 0.489 e. The second-order valence-corrected chi connectivity index (χ2v) is 7.29. The molecule has 0 unspecified atom stereocenters. The number of ether oxygens (including phenoxy) is 2. The van der Waals surface area contributed by atoms with E-state index in [1.54, 1.807) is 12.1 Å². The van der Waals surface area contributed by atoms with Gasteiger partial charge in [0.2, 0.25) is 0 Å². The third-order valence-electron chi connectivity index (χ3n) is 4.98. The van der Waals surface area contributed by atoms with Gasteiger partial charge in [-0.05, 0) is 47.5 Å². The molecule has 0 radical (unpaired) electrons. The lowest BCUT2D eigenvalue weighted by atomic mass is 10.1. The van der Waals surface area contributed by atoms with Crippen molar-refractivity contribution in [2.45, 2.75) is 0 Å². The summed E-state index contributed by atoms with van der Waals surface area (Å²) < 4.78 is 10.8. The van der Waals surface area contributed by atoms with Gasteiger partial charge in [0.1, 0.15) is 12.4 Å². The van der Waals surface area contributed by atoms with E-state index in [4.69, 9.17) is 9.47 Å². The summed E-state index contributed by atoms with van der Waals surface area (Å²) in [7, 11) is 1.38. The van der Waals surface area contributed by atoms with E-state index in [0.29, 0.717) is 18.7 Å². The van der Waals surface area contributed by atoms with Crippen LogP contribution in [0.15, 0.2) is 96.7 Å². The molecule has 4 aromatic rings. The second kappa shape index (κ2) is 10.3. The molecular weight excluding hydrogens is 400 g/mol. The van der Waals surface area contributed by atoms with E-state index >= 15 is 0 Å². The summed E-state index contributed by atoms with van der Waals surface area (Å²) in [5.74, 6) is 0.463. The predicted molar refractivity (Wildman–Crippen MR) is 128 cm³/mol. The van der Waals surface area contributed by atoms with Gasteiger partial charge < -0.3 is 14.8 Å². The van der Waals surface area contributed by atoms with Crippen LogP contribution in [0.3, 0.4) is 0 Å². The van der Waals surface area contributed by atoms with Gasteiger partial charge >= 0.3 is 5.97 Å². The van der Waals surface area contributed by atoms with Crippen molar-refractivity contribution in [1.29, 1.82) is 0 Å². The van der Waals surface area contributed by atoms with Crippen LogP contribution in [-0.4, -0.2) is 31.2 Å². The van der Waals surface area contributed by atoms with Crippen LogP contribution in [0.4, 0.5) is 5.69 Å². The Morgan fingerprint density at radius 1 is 0.969 bits per heavy atom. The Bertz CT molecular complexity index is 1220. The van der Waals surface area contributed by atoms with E-state index in [0.717, 1.165) is 33.5 Å². The van der Waals surface area contributed by atoms with E-state index in [1.165, 1.54) is 7.11 Å². The van der Waals surface area contributed by atoms with Gasteiger partial charge in [-0.3, -0.25) is 4.98 Å². The number of esters is 1. The minimum Gasteiger partial charge on any atom is -0.489 e. The average molecular weight is 425 g/mol. The number of benzene rings is 3. The molecule has 160 valence electrons. The molecule has 5 heteroatoms. The molecule has 0 aliphatic heterocycles. The van der Waals surface area contributed by atoms with Crippen LogP contribution in [0.5, 0.6) is 5.75 Å². The lowest BCUT2D eigenvalue weighted by Crippen LogP contribution is -2.12. The summed E-state index contributed by atoms with van der Waals surface area (Å²) in [6, 6.07) is 27.1. The first-order valence-corrected chi connectivity index (χ1v) is 10.4. The summed E-state index contributed by atoms with van der Waals surface area (Å²) in [6.45, 7) is 1.02. The van der Waals surface area contributed by atoms with Gasteiger partial charge in [0.15, 0.2) is 0 Å². The molecule has 3 aromatic carbocycles. The first-order chi connectivity index (χ1) is 15.7. The fourth-order valence-corrected chi connectivity index (χ4v) is 3.29. The highest BCUT2D eigenvalue weighted by atomic mass is 16.5. The molecule has 0 amide bonds. The van der Waals surface area contributed by atoms with Crippen LogP contribution in [-0.2, 0) is 4.74 Å². The molecule has 5 nitrogen and oxygen atoms in total. The fraction of sp³-hybridized carbons (Fsp3) is 0.111. The zero-order valence-electron chi connectivity index (χ0n) is 17.8. The Balaban J connectivity index is 1.51. The Hall–Kier alpha value is -4.12. The predicted octanol–water partition coefficient (Wildman–Crippen LogP) is 5.60. The molecule has 4 rings (SSSR count). The number of aromatic nitrogens is 1. The molecular formula is C27H24N2O3. The van der Waals surface area contributed by atoms with E-state index in [-0.39, 0.29) is 5.97 Å². The van der Waals surface area contributed by atoms with E-state index in [2.05, 4.69) is 22.4 Å². The Morgan fingerprint density at radius 3 is 2.50 bits per heavy atom. The zero-order valence-corrected chi connectivity index (χ0v) is 17.8. The Labute approximate surface area is 187 Å². The molecule has 0 bridgehead atoms. The van der Waals surface area contributed by atoms with Crippen LogP contribution in [0.25, 0.3) is 17.0 Å². The third kappa shape index (κ3) is 5.52. The van der Waals surface area contributed by atoms with Gasteiger partial charge in [0, 0.05) is 11.9 Å². The smallest absolute Gasteiger partial charge is 0.337 e. The van der Waals surface area contributed by atoms with Crippen LogP contribution >= 0.6 is 0 Å². The molecule has 0 saturated heterocycles. The molecule has 1 heterocycles. The van der Waals surface area contributed by atoms with Crippen LogP contribution in [0.1, 0.15) is 15.9 Å². The van der Waals surface area contributed by atoms with Crippen molar-refractivity contribution in [3.8, 4) is 5.75 Å². The maximum absolute atomic E-state index is 11.7. The maximum atomic E-state index is 11.7. The number of hydrogen-bond donors (Lipinski definition) is 1. The van der Waals surface area contributed by atoms with Crippen LogP contribution in [0, 0.1) is 0 Å². The number of rotatable bonds is 8. The molecule has 0 fully saturated rings. The van der Waals surface area contributed by atoms with E-state index in [9.17, 15) is 4.79 Å². The molecule has 0 saturated carbocycles. The summed E-state index contributed by atoms with van der Waals surface area (Å²) in [5, 5.41) is 4.53. The van der Waals surface area contributed by atoms with E-state index in [1.807, 2.05) is 72.9 Å². The minimum absolute atomic E-state index is 0.348.